The Balaban J connectivity index is 1.53. The van der Waals surface area contributed by atoms with E-state index in [1.54, 1.807) is 31.4 Å². The van der Waals surface area contributed by atoms with Crippen LogP contribution in [0.5, 0.6) is 11.5 Å². The Kier molecular flexibility index (Phi) is 9.03. The van der Waals surface area contributed by atoms with Crippen molar-refractivity contribution in [3.63, 3.8) is 0 Å². The normalized spacial score (nSPS) is 11.3. The van der Waals surface area contributed by atoms with Crippen LogP contribution >= 0.6 is 0 Å². The van der Waals surface area contributed by atoms with Crippen LogP contribution in [-0.4, -0.2) is 25.4 Å². The van der Waals surface area contributed by atoms with Crippen LogP contribution in [0.4, 0.5) is 11.4 Å². The maximum absolute atomic E-state index is 13.4. The number of amides is 1. The van der Waals surface area contributed by atoms with Gasteiger partial charge in [-0.25, -0.2) is 0 Å². The molecule has 0 radical (unpaired) electrons. The van der Waals surface area contributed by atoms with Gasteiger partial charge in [-0.15, -0.1) is 0 Å². The molecular weight excluding hydrogens is 490 g/mol. The van der Waals surface area contributed by atoms with Crippen LogP contribution in [0, 0.1) is 5.41 Å². The first-order valence-electron chi connectivity index (χ1n) is 12.6. The number of methoxy groups -OCH3 is 1. The minimum absolute atomic E-state index is 0.0191. The summed E-state index contributed by atoms with van der Waals surface area (Å²) in [6.07, 6.45) is 0.668. The summed E-state index contributed by atoms with van der Waals surface area (Å²) < 4.78 is 11.6. The van der Waals surface area contributed by atoms with Gasteiger partial charge in [0, 0.05) is 23.5 Å². The van der Waals surface area contributed by atoms with E-state index in [0.29, 0.717) is 53.6 Å². The van der Waals surface area contributed by atoms with Gasteiger partial charge in [0.05, 0.1) is 7.11 Å². The number of hydrogen-bond acceptors (Lipinski definition) is 6. The Morgan fingerprint density at radius 1 is 0.897 bits per heavy atom. The molecule has 0 bridgehead atoms. The Labute approximate surface area is 228 Å². The topological polar surface area (TPSA) is 135 Å². The van der Waals surface area contributed by atoms with Crippen LogP contribution in [-0.2, 0) is 17.8 Å². The lowest BCUT2D eigenvalue weighted by Crippen LogP contribution is -2.34. The van der Waals surface area contributed by atoms with Gasteiger partial charge >= 0.3 is 0 Å². The van der Waals surface area contributed by atoms with Gasteiger partial charge in [0.1, 0.15) is 18.5 Å². The van der Waals surface area contributed by atoms with Crippen molar-refractivity contribution in [2.24, 2.45) is 5.73 Å². The first-order valence-corrected chi connectivity index (χ1v) is 12.6. The third-order valence-electron chi connectivity index (χ3n) is 6.22. The van der Waals surface area contributed by atoms with Crippen LogP contribution in [0.3, 0.4) is 0 Å². The zero-order valence-electron chi connectivity index (χ0n) is 21.8. The first-order chi connectivity index (χ1) is 18.9. The number of benzene rings is 4. The van der Waals surface area contributed by atoms with Crippen LogP contribution in [0.25, 0.3) is 0 Å². The molecule has 0 aliphatic rings. The molecule has 8 heteroatoms. The fraction of sp³-hybridized carbons (Fsp3) is 0.161. The highest BCUT2D eigenvalue weighted by Gasteiger charge is 2.22. The number of carbonyl (C=O) groups is 1. The lowest BCUT2D eigenvalue weighted by Gasteiger charge is -2.22. The largest absolute Gasteiger partial charge is 0.493 e. The molecule has 0 aromatic heterocycles. The Morgan fingerprint density at radius 3 is 2.28 bits per heavy atom. The number of ether oxygens (including phenoxy) is 2. The molecule has 0 saturated heterocycles. The summed E-state index contributed by atoms with van der Waals surface area (Å²) in [7, 11) is 1.57. The average Bonchev–Trinajstić information content (AvgIpc) is 2.96. The van der Waals surface area contributed by atoms with E-state index in [-0.39, 0.29) is 11.7 Å². The predicted molar refractivity (Wildman–Crippen MR) is 155 cm³/mol. The molecule has 0 aliphatic heterocycles. The summed E-state index contributed by atoms with van der Waals surface area (Å²) in [5.74, 6) is 0.894. The molecule has 4 rings (SSSR count). The van der Waals surface area contributed by atoms with E-state index in [2.05, 4.69) is 10.6 Å². The maximum atomic E-state index is 13.4. The Morgan fingerprint density at radius 2 is 1.62 bits per heavy atom. The third-order valence-corrected chi connectivity index (χ3v) is 6.22. The van der Waals surface area contributed by atoms with E-state index in [9.17, 15) is 4.79 Å². The smallest absolute Gasteiger partial charge is 0.247 e. The first kappa shape index (κ1) is 27.1. The number of nitrogen functional groups attached to an aromatic ring is 2. The van der Waals surface area contributed by atoms with Crippen LogP contribution < -0.4 is 31.6 Å². The minimum Gasteiger partial charge on any atom is -0.493 e. The third kappa shape index (κ3) is 7.52. The second-order valence-electron chi connectivity index (χ2n) is 9.04. The number of hydrogen-bond donors (Lipinski definition) is 5. The Bertz CT molecular complexity index is 1390. The molecule has 0 heterocycles. The van der Waals surface area contributed by atoms with E-state index in [4.69, 9.17) is 26.4 Å². The minimum atomic E-state index is -0.711. The van der Waals surface area contributed by atoms with Gasteiger partial charge in [0.15, 0.2) is 11.5 Å². The number of nitrogens with one attached hydrogen (secondary N) is 3. The molecule has 1 atom stereocenters. The van der Waals surface area contributed by atoms with E-state index in [0.717, 1.165) is 11.1 Å². The second-order valence-corrected chi connectivity index (χ2v) is 9.04. The highest BCUT2D eigenvalue weighted by molar-refractivity contribution is 5.95. The van der Waals surface area contributed by atoms with Gasteiger partial charge in [-0.05, 0) is 71.6 Å². The molecule has 4 aromatic rings. The SMILES string of the molecule is COc1cc([C@H](Nc2ccc(C(=N)N)cc2)C(=O)NCCc2ccc(N)cc2)ccc1OCc1ccccc1. The van der Waals surface area contributed by atoms with E-state index >= 15 is 0 Å². The van der Waals surface area contributed by atoms with Gasteiger partial charge in [-0.2, -0.15) is 0 Å². The number of rotatable bonds is 12. The van der Waals surface area contributed by atoms with E-state index < -0.39 is 6.04 Å². The lowest BCUT2D eigenvalue weighted by atomic mass is 10.0. The molecule has 0 unspecified atom stereocenters. The molecule has 0 saturated carbocycles. The molecule has 7 N–H and O–H groups in total. The van der Waals surface area contributed by atoms with Crippen molar-refractivity contribution in [3.05, 3.63) is 119 Å². The fourth-order valence-electron chi connectivity index (χ4n) is 4.05. The quantitative estimate of drug-likeness (QED) is 0.104. The average molecular weight is 524 g/mol. The zero-order valence-corrected chi connectivity index (χ0v) is 21.8. The van der Waals surface area contributed by atoms with E-state index in [1.807, 2.05) is 72.8 Å². The molecule has 4 aromatic carbocycles. The molecule has 200 valence electrons. The highest BCUT2D eigenvalue weighted by atomic mass is 16.5. The summed E-state index contributed by atoms with van der Waals surface area (Å²) in [5, 5.41) is 14.0. The predicted octanol–water partition coefficient (Wildman–Crippen LogP) is 4.65. The lowest BCUT2D eigenvalue weighted by molar-refractivity contribution is -0.121. The zero-order chi connectivity index (χ0) is 27.6. The van der Waals surface area contributed by atoms with Crippen molar-refractivity contribution in [1.29, 1.82) is 5.41 Å². The van der Waals surface area contributed by atoms with Crippen molar-refractivity contribution in [2.45, 2.75) is 19.1 Å². The molecular formula is C31H33N5O3. The standard InChI is InChI=1S/C31H33N5O3/c1-38-28-19-24(11-16-27(28)39-20-22-5-3-2-4-6-22)29(36-26-14-9-23(10-15-26)30(33)34)31(37)35-18-17-21-7-12-25(32)13-8-21/h2-16,19,29,36H,17-18,20,32H2,1H3,(H3,33,34)(H,35,37)/t29-/m0/s1. The van der Waals surface area contributed by atoms with Crippen LogP contribution in [0.2, 0.25) is 0 Å². The van der Waals surface area contributed by atoms with Gasteiger partial charge in [0.25, 0.3) is 0 Å². The maximum Gasteiger partial charge on any atom is 0.247 e. The summed E-state index contributed by atoms with van der Waals surface area (Å²) in [6, 6.07) is 29.3. The number of anilines is 2. The van der Waals surface area contributed by atoms with Crippen LogP contribution in [0.15, 0.2) is 97.1 Å². The Hall–Kier alpha value is -4.98. The summed E-state index contributed by atoms with van der Waals surface area (Å²) in [5.41, 5.74) is 16.2. The number of carbonyl (C=O) groups excluding carboxylic acids is 1. The molecule has 39 heavy (non-hydrogen) atoms. The van der Waals surface area contributed by atoms with Gasteiger partial charge in [0.2, 0.25) is 5.91 Å². The summed E-state index contributed by atoms with van der Waals surface area (Å²) >= 11 is 0. The van der Waals surface area contributed by atoms with Crippen molar-refractivity contribution < 1.29 is 14.3 Å². The number of amidine groups is 1. The van der Waals surface area contributed by atoms with Gasteiger partial charge in [-0.3, -0.25) is 10.2 Å². The number of nitrogens with two attached hydrogens (primary N) is 2. The van der Waals surface area contributed by atoms with Crippen LogP contribution in [0.1, 0.15) is 28.3 Å². The monoisotopic (exact) mass is 523 g/mol. The molecule has 0 spiro atoms. The van der Waals surface area contributed by atoms with Gasteiger partial charge in [-0.1, -0.05) is 48.5 Å². The second kappa shape index (κ2) is 13.0. The highest BCUT2D eigenvalue weighted by Crippen LogP contribution is 2.32. The van der Waals surface area contributed by atoms with Crippen molar-refractivity contribution in [1.82, 2.24) is 5.32 Å². The van der Waals surface area contributed by atoms with E-state index in [1.165, 1.54) is 0 Å². The van der Waals surface area contributed by atoms with Gasteiger partial charge < -0.3 is 31.6 Å². The fourth-order valence-corrected chi connectivity index (χ4v) is 4.05. The summed E-state index contributed by atoms with van der Waals surface area (Å²) in [4.78, 5) is 13.4. The molecule has 8 nitrogen and oxygen atoms in total. The molecule has 0 aliphatic carbocycles. The van der Waals surface area contributed by atoms with Crippen molar-refractivity contribution in [2.75, 3.05) is 24.7 Å². The van der Waals surface area contributed by atoms with Crippen molar-refractivity contribution >= 4 is 23.1 Å². The molecule has 1 amide bonds. The van der Waals surface area contributed by atoms with Crippen molar-refractivity contribution in [3.8, 4) is 11.5 Å². The summed E-state index contributed by atoms with van der Waals surface area (Å²) in [6.45, 7) is 0.853. The molecule has 0 fully saturated rings.